The summed E-state index contributed by atoms with van der Waals surface area (Å²) in [5.74, 6) is -1.10. The number of nitrogens with zero attached hydrogens (tertiary/aromatic N) is 1. The number of hydrogen-bond acceptors (Lipinski definition) is 4. The fraction of sp³-hybridized carbons (Fsp3) is 0.500. The summed E-state index contributed by atoms with van der Waals surface area (Å²) in [4.78, 5) is 10.9. The fourth-order valence-corrected chi connectivity index (χ4v) is 3.53. The molecule has 1 atom stereocenters. The van der Waals surface area contributed by atoms with E-state index in [1.165, 1.54) is 36.7 Å². The van der Waals surface area contributed by atoms with Crippen LogP contribution in [0.4, 0.5) is 0 Å². The Kier molecular flexibility index (Phi) is 5.74. The number of carboxylic acid groups (broad SMARTS) is 1. The fourth-order valence-electron chi connectivity index (χ4n) is 2.01. The van der Waals surface area contributed by atoms with Crippen molar-refractivity contribution < 1.29 is 23.1 Å². The van der Waals surface area contributed by atoms with Crippen molar-refractivity contribution in [1.82, 2.24) is 4.31 Å². The number of aromatic carboxylic acids is 1. The molecule has 118 valence electrons. The zero-order valence-electron chi connectivity index (χ0n) is 12.7. The summed E-state index contributed by atoms with van der Waals surface area (Å²) in [6.07, 6.45) is 1.61. The van der Waals surface area contributed by atoms with Gasteiger partial charge in [-0.15, -0.1) is 0 Å². The van der Waals surface area contributed by atoms with Crippen molar-refractivity contribution in [3.05, 3.63) is 23.8 Å². The summed E-state index contributed by atoms with van der Waals surface area (Å²) < 4.78 is 31.5. The number of sulfonamides is 1. The number of hydrogen-bond donors (Lipinski definition) is 1. The molecule has 1 N–H and O–H groups in total. The van der Waals surface area contributed by atoms with Gasteiger partial charge in [-0.1, -0.05) is 13.3 Å². The Balaban J connectivity index is 3.28. The summed E-state index contributed by atoms with van der Waals surface area (Å²) in [5, 5.41) is 8.95. The molecule has 1 unspecified atom stereocenters. The molecule has 7 heteroatoms. The van der Waals surface area contributed by atoms with Crippen LogP contribution in [0.15, 0.2) is 23.1 Å². The quantitative estimate of drug-likeness (QED) is 0.834. The van der Waals surface area contributed by atoms with E-state index in [1.807, 2.05) is 13.8 Å². The summed E-state index contributed by atoms with van der Waals surface area (Å²) in [6.45, 7) is 3.82. The van der Waals surface area contributed by atoms with Crippen molar-refractivity contribution in [2.75, 3.05) is 14.2 Å². The van der Waals surface area contributed by atoms with Crippen LogP contribution >= 0.6 is 0 Å². The Labute approximate surface area is 125 Å². The standard InChI is InChI=1S/C14H21NO5S/c1-5-6-10(2)15(3)21(18,19)13-8-7-11(14(16)17)9-12(13)20-4/h7-10H,5-6H2,1-4H3,(H,16,17). The monoisotopic (exact) mass is 315 g/mol. The molecular weight excluding hydrogens is 294 g/mol. The molecule has 0 aliphatic heterocycles. The van der Waals surface area contributed by atoms with Crippen LogP contribution in [0.2, 0.25) is 0 Å². The molecular formula is C14H21NO5S. The SMILES string of the molecule is CCCC(C)N(C)S(=O)(=O)c1ccc(C(=O)O)cc1OC. The van der Waals surface area contributed by atoms with Crippen molar-refractivity contribution in [1.29, 1.82) is 0 Å². The zero-order valence-corrected chi connectivity index (χ0v) is 13.5. The van der Waals surface area contributed by atoms with Gasteiger partial charge in [-0.05, 0) is 31.5 Å². The first-order chi connectivity index (χ1) is 9.75. The second kappa shape index (κ2) is 6.91. The lowest BCUT2D eigenvalue weighted by Gasteiger charge is -2.24. The Morgan fingerprint density at radius 2 is 2.05 bits per heavy atom. The van der Waals surface area contributed by atoms with E-state index in [-0.39, 0.29) is 22.3 Å². The lowest BCUT2D eigenvalue weighted by molar-refractivity contribution is 0.0696. The van der Waals surface area contributed by atoms with Gasteiger partial charge in [0.25, 0.3) is 0 Å². The van der Waals surface area contributed by atoms with E-state index >= 15 is 0 Å². The Hall–Kier alpha value is -1.60. The molecule has 21 heavy (non-hydrogen) atoms. The highest BCUT2D eigenvalue weighted by atomic mass is 32.2. The smallest absolute Gasteiger partial charge is 0.335 e. The highest BCUT2D eigenvalue weighted by Gasteiger charge is 2.28. The molecule has 0 radical (unpaired) electrons. The van der Waals surface area contributed by atoms with Gasteiger partial charge in [0.05, 0.1) is 12.7 Å². The molecule has 0 aliphatic rings. The van der Waals surface area contributed by atoms with Crippen LogP contribution in [0.25, 0.3) is 0 Å². The largest absolute Gasteiger partial charge is 0.495 e. The van der Waals surface area contributed by atoms with Crippen molar-refractivity contribution in [3.8, 4) is 5.75 Å². The van der Waals surface area contributed by atoms with Gasteiger partial charge in [-0.25, -0.2) is 13.2 Å². The maximum Gasteiger partial charge on any atom is 0.335 e. The molecule has 0 aliphatic carbocycles. The maximum absolute atomic E-state index is 12.6. The first-order valence-corrected chi connectivity index (χ1v) is 8.09. The van der Waals surface area contributed by atoms with Crippen LogP contribution in [0.5, 0.6) is 5.75 Å². The highest BCUT2D eigenvalue weighted by Crippen LogP contribution is 2.28. The van der Waals surface area contributed by atoms with Gasteiger partial charge in [0.1, 0.15) is 10.6 Å². The predicted molar refractivity (Wildman–Crippen MR) is 79.3 cm³/mol. The minimum atomic E-state index is -3.73. The first kappa shape index (κ1) is 17.5. The van der Waals surface area contributed by atoms with Crippen LogP contribution in [-0.4, -0.2) is 44.0 Å². The van der Waals surface area contributed by atoms with Crippen molar-refractivity contribution in [3.63, 3.8) is 0 Å². The van der Waals surface area contributed by atoms with E-state index in [2.05, 4.69) is 0 Å². The van der Waals surface area contributed by atoms with Gasteiger partial charge in [-0.3, -0.25) is 0 Å². The van der Waals surface area contributed by atoms with E-state index in [0.29, 0.717) is 0 Å². The lowest BCUT2D eigenvalue weighted by Crippen LogP contribution is -2.35. The van der Waals surface area contributed by atoms with Crippen LogP contribution in [0, 0.1) is 0 Å². The normalized spacial score (nSPS) is 13.2. The molecule has 1 aromatic rings. The second-order valence-corrected chi connectivity index (χ2v) is 6.80. The molecule has 0 amide bonds. The van der Waals surface area contributed by atoms with Crippen molar-refractivity contribution >= 4 is 16.0 Å². The topological polar surface area (TPSA) is 83.9 Å². The van der Waals surface area contributed by atoms with Crippen LogP contribution in [0.1, 0.15) is 37.0 Å². The molecule has 0 saturated heterocycles. The molecule has 0 fully saturated rings. The Bertz CT molecular complexity index is 612. The molecule has 0 spiro atoms. The molecule has 6 nitrogen and oxygen atoms in total. The number of rotatable bonds is 7. The van der Waals surface area contributed by atoms with Gasteiger partial charge in [-0.2, -0.15) is 4.31 Å². The number of benzene rings is 1. The molecule has 0 heterocycles. The average molecular weight is 315 g/mol. The maximum atomic E-state index is 12.6. The Morgan fingerprint density at radius 1 is 1.43 bits per heavy atom. The lowest BCUT2D eigenvalue weighted by atomic mass is 10.2. The molecule has 0 bridgehead atoms. The van der Waals surface area contributed by atoms with Crippen molar-refractivity contribution in [2.24, 2.45) is 0 Å². The molecule has 1 rings (SSSR count). The third-order valence-electron chi connectivity index (χ3n) is 3.39. The summed E-state index contributed by atoms with van der Waals surface area (Å²) in [6, 6.07) is 3.60. The second-order valence-electron chi connectivity index (χ2n) is 4.83. The third kappa shape index (κ3) is 3.74. The van der Waals surface area contributed by atoms with Gasteiger partial charge in [0, 0.05) is 13.1 Å². The van der Waals surface area contributed by atoms with Gasteiger partial charge in [0.2, 0.25) is 10.0 Å². The van der Waals surface area contributed by atoms with Crippen LogP contribution in [0.3, 0.4) is 0 Å². The van der Waals surface area contributed by atoms with Gasteiger partial charge >= 0.3 is 5.97 Å². The minimum Gasteiger partial charge on any atom is -0.495 e. The Morgan fingerprint density at radius 3 is 2.52 bits per heavy atom. The van der Waals surface area contributed by atoms with Crippen molar-refractivity contribution in [2.45, 2.75) is 37.6 Å². The zero-order chi connectivity index (χ0) is 16.2. The van der Waals surface area contributed by atoms with E-state index < -0.39 is 16.0 Å². The van der Waals surface area contributed by atoms with E-state index in [4.69, 9.17) is 9.84 Å². The number of methoxy groups -OCH3 is 1. The number of carboxylic acids is 1. The minimum absolute atomic E-state index is 0.0185. The molecule has 0 saturated carbocycles. The average Bonchev–Trinajstić information content (AvgIpc) is 2.45. The third-order valence-corrected chi connectivity index (χ3v) is 5.41. The van der Waals surface area contributed by atoms with E-state index in [1.54, 1.807) is 0 Å². The van der Waals surface area contributed by atoms with Gasteiger partial charge in [0.15, 0.2) is 0 Å². The highest BCUT2D eigenvalue weighted by molar-refractivity contribution is 7.89. The number of ether oxygens (including phenoxy) is 1. The predicted octanol–water partition coefficient (Wildman–Crippen LogP) is 2.20. The van der Waals surface area contributed by atoms with Crippen LogP contribution in [-0.2, 0) is 10.0 Å². The molecule has 1 aromatic carbocycles. The van der Waals surface area contributed by atoms with Gasteiger partial charge < -0.3 is 9.84 Å². The number of carbonyl (C=O) groups is 1. The molecule has 0 aromatic heterocycles. The van der Waals surface area contributed by atoms with Crippen LogP contribution < -0.4 is 4.74 Å². The summed E-state index contributed by atoms with van der Waals surface area (Å²) in [5.41, 5.74) is -0.0185. The van der Waals surface area contributed by atoms with E-state index in [0.717, 1.165) is 12.8 Å². The van der Waals surface area contributed by atoms with E-state index in [9.17, 15) is 13.2 Å². The summed E-state index contributed by atoms with van der Waals surface area (Å²) in [7, 11) is -0.901. The first-order valence-electron chi connectivity index (χ1n) is 6.65. The summed E-state index contributed by atoms with van der Waals surface area (Å²) >= 11 is 0.